The van der Waals surface area contributed by atoms with Crippen LogP contribution in [0.3, 0.4) is 0 Å². The van der Waals surface area contributed by atoms with Crippen molar-refractivity contribution in [3.8, 4) is 28.0 Å². The number of hydrogen-bond donors (Lipinski definition) is 0. The molecule has 204 valence electrons. The van der Waals surface area contributed by atoms with Crippen LogP contribution in [-0.2, 0) is 0 Å². The molecule has 0 saturated heterocycles. The Bertz CT molecular complexity index is 1210. The van der Waals surface area contributed by atoms with Crippen LogP contribution in [0.1, 0.15) is 56.9 Å². The summed E-state index contributed by atoms with van der Waals surface area (Å²) in [6.07, 6.45) is -8.43. The van der Waals surface area contributed by atoms with E-state index in [2.05, 4.69) is 23.8 Å². The third-order valence-electron chi connectivity index (χ3n) is 7.24. The molecule has 1 atom stereocenters. The summed E-state index contributed by atoms with van der Waals surface area (Å²) in [5.41, 5.74) is 3.82. The molecule has 3 aromatic carbocycles. The fourth-order valence-electron chi connectivity index (χ4n) is 5.25. The van der Waals surface area contributed by atoms with Gasteiger partial charge in [0.2, 0.25) is 0 Å². The van der Waals surface area contributed by atoms with Gasteiger partial charge in [-0.3, -0.25) is 0 Å². The van der Waals surface area contributed by atoms with Crippen LogP contribution in [0, 0.1) is 11.7 Å². The molecule has 0 radical (unpaired) electrons. The fourth-order valence-corrected chi connectivity index (χ4v) is 5.25. The first kappa shape index (κ1) is 28.0. The fraction of sp³-hybridized carbons (Fsp3) is 0.400. The van der Waals surface area contributed by atoms with E-state index >= 15 is 0 Å². The Morgan fingerprint density at radius 2 is 1.39 bits per heavy atom. The minimum Gasteiger partial charge on any atom is -0.427 e. The molecule has 0 aromatic heterocycles. The van der Waals surface area contributed by atoms with Crippen LogP contribution < -0.4 is 4.74 Å². The molecule has 1 aliphatic rings. The van der Waals surface area contributed by atoms with Gasteiger partial charge in [0.25, 0.3) is 6.17 Å². The predicted molar refractivity (Wildman–Crippen MR) is 133 cm³/mol. The topological polar surface area (TPSA) is 9.23 Å². The van der Waals surface area contributed by atoms with Crippen molar-refractivity contribution >= 4 is 0 Å². The van der Waals surface area contributed by atoms with Crippen molar-refractivity contribution in [3.63, 3.8) is 0 Å². The van der Waals surface area contributed by atoms with Crippen molar-refractivity contribution in [1.82, 2.24) is 0 Å². The lowest BCUT2D eigenvalue weighted by atomic mass is 9.77. The minimum atomic E-state index is -5.86. The molecule has 0 aliphatic heterocycles. The molecule has 1 fully saturated rings. The van der Waals surface area contributed by atoms with E-state index in [0.717, 1.165) is 29.2 Å². The molecule has 4 rings (SSSR count). The Morgan fingerprint density at radius 3 is 1.95 bits per heavy atom. The van der Waals surface area contributed by atoms with Gasteiger partial charge in [0.1, 0.15) is 0 Å². The van der Waals surface area contributed by atoms with E-state index in [-0.39, 0.29) is 0 Å². The Hall–Kier alpha value is -3.03. The second-order valence-electron chi connectivity index (χ2n) is 9.89. The lowest BCUT2D eigenvalue weighted by Crippen LogP contribution is -2.45. The van der Waals surface area contributed by atoms with E-state index in [9.17, 15) is 30.7 Å². The van der Waals surface area contributed by atoms with Crippen molar-refractivity contribution in [2.45, 2.75) is 69.8 Å². The second-order valence-corrected chi connectivity index (χ2v) is 9.89. The number of hydrogen-bond acceptors (Lipinski definition) is 1. The summed E-state index contributed by atoms with van der Waals surface area (Å²) in [4.78, 5) is 0. The predicted octanol–water partition coefficient (Wildman–Crippen LogP) is 10.1. The van der Waals surface area contributed by atoms with E-state index in [4.69, 9.17) is 0 Å². The quantitative estimate of drug-likeness (QED) is 0.259. The Morgan fingerprint density at radius 1 is 0.816 bits per heavy atom. The zero-order valence-electron chi connectivity index (χ0n) is 20.9. The maximum atomic E-state index is 14.6. The van der Waals surface area contributed by atoms with Crippen LogP contribution >= 0.6 is 0 Å². The van der Waals surface area contributed by atoms with E-state index in [0.29, 0.717) is 17.0 Å². The maximum Gasteiger partial charge on any atom is 0.439 e. The third-order valence-corrected chi connectivity index (χ3v) is 7.24. The first-order valence-electron chi connectivity index (χ1n) is 12.8. The summed E-state index contributed by atoms with van der Waals surface area (Å²) in [6, 6.07) is 18.2. The van der Waals surface area contributed by atoms with Crippen molar-refractivity contribution in [2.24, 2.45) is 5.92 Å². The highest BCUT2D eigenvalue weighted by molar-refractivity contribution is 5.83. The standard InChI is InChI=1S/C30H29F7O/c1-2-5-19-8-10-20(11-9-19)21-12-14-22(15-13-21)24-6-3-4-7-25(24)23-16-17-27(26(31)18-23)38-30(36,37)28(32)29(33,34)35/h3-4,6-7,12-20,28H,2,5,8-11H2,1H3. The van der Waals surface area contributed by atoms with Crippen molar-refractivity contribution in [1.29, 1.82) is 0 Å². The highest BCUT2D eigenvalue weighted by atomic mass is 19.4. The summed E-state index contributed by atoms with van der Waals surface area (Å²) in [5.74, 6) is -1.18. The summed E-state index contributed by atoms with van der Waals surface area (Å²) >= 11 is 0. The van der Waals surface area contributed by atoms with Gasteiger partial charge in [-0.1, -0.05) is 74.4 Å². The molecular weight excluding hydrogens is 509 g/mol. The van der Waals surface area contributed by atoms with Gasteiger partial charge in [-0.2, -0.15) is 22.0 Å². The third kappa shape index (κ3) is 6.33. The molecule has 1 aliphatic carbocycles. The van der Waals surface area contributed by atoms with Gasteiger partial charge in [-0.15, -0.1) is 0 Å². The van der Waals surface area contributed by atoms with Gasteiger partial charge in [0.15, 0.2) is 11.6 Å². The molecular formula is C30H29F7O. The maximum absolute atomic E-state index is 14.6. The SMILES string of the molecule is CCCC1CCC(c2ccc(-c3ccccc3-c3ccc(OC(F)(F)C(F)C(F)(F)F)c(F)c3)cc2)CC1. The van der Waals surface area contributed by atoms with Crippen LogP contribution in [0.2, 0.25) is 0 Å². The van der Waals surface area contributed by atoms with Crippen LogP contribution in [0.25, 0.3) is 22.3 Å². The molecule has 38 heavy (non-hydrogen) atoms. The molecule has 0 spiro atoms. The molecule has 0 bridgehead atoms. The molecule has 1 nitrogen and oxygen atoms in total. The van der Waals surface area contributed by atoms with E-state index in [1.165, 1.54) is 50.2 Å². The molecule has 3 aromatic rings. The largest absolute Gasteiger partial charge is 0.439 e. The second kappa shape index (κ2) is 11.4. The molecule has 0 heterocycles. The van der Waals surface area contributed by atoms with E-state index in [1.54, 1.807) is 12.1 Å². The van der Waals surface area contributed by atoms with Gasteiger partial charge in [-0.05, 0) is 77.5 Å². The summed E-state index contributed by atoms with van der Waals surface area (Å²) in [5, 5.41) is 0. The van der Waals surface area contributed by atoms with Crippen molar-refractivity contribution in [2.75, 3.05) is 0 Å². The minimum absolute atomic E-state index is 0.305. The number of ether oxygens (including phenoxy) is 1. The van der Waals surface area contributed by atoms with Crippen molar-refractivity contribution < 1.29 is 35.5 Å². The first-order chi connectivity index (χ1) is 18.0. The molecule has 0 N–H and O–H groups in total. The van der Waals surface area contributed by atoms with Gasteiger partial charge < -0.3 is 4.74 Å². The summed E-state index contributed by atoms with van der Waals surface area (Å²) < 4.78 is 96.0. The number of rotatable bonds is 8. The zero-order valence-corrected chi connectivity index (χ0v) is 20.9. The van der Waals surface area contributed by atoms with Crippen LogP contribution in [-0.4, -0.2) is 18.5 Å². The average molecular weight is 539 g/mol. The van der Waals surface area contributed by atoms with Gasteiger partial charge in [-0.25, -0.2) is 8.78 Å². The van der Waals surface area contributed by atoms with Crippen molar-refractivity contribution in [3.05, 3.63) is 78.1 Å². The van der Waals surface area contributed by atoms with Gasteiger partial charge in [0, 0.05) is 0 Å². The molecule has 8 heteroatoms. The highest BCUT2D eigenvalue weighted by Gasteiger charge is 2.59. The first-order valence-corrected chi connectivity index (χ1v) is 12.8. The van der Waals surface area contributed by atoms with Gasteiger partial charge in [0.05, 0.1) is 0 Å². The molecule has 1 unspecified atom stereocenters. The molecule has 0 amide bonds. The summed E-state index contributed by atoms with van der Waals surface area (Å²) in [6.45, 7) is 2.22. The van der Waals surface area contributed by atoms with Crippen LogP contribution in [0.5, 0.6) is 5.75 Å². The number of halogens is 7. The number of alkyl halides is 6. The Balaban J connectivity index is 1.54. The number of benzene rings is 3. The van der Waals surface area contributed by atoms with E-state index < -0.39 is 30.0 Å². The Kier molecular flexibility index (Phi) is 8.38. The molecule has 1 saturated carbocycles. The highest BCUT2D eigenvalue weighted by Crippen LogP contribution is 2.41. The average Bonchev–Trinajstić information content (AvgIpc) is 2.89. The Labute approximate surface area is 217 Å². The van der Waals surface area contributed by atoms with E-state index in [1.807, 2.05) is 24.3 Å². The lowest BCUT2D eigenvalue weighted by molar-refractivity contribution is -0.305. The zero-order chi connectivity index (χ0) is 27.5. The van der Waals surface area contributed by atoms with Crippen LogP contribution in [0.15, 0.2) is 66.7 Å². The normalized spacial score (nSPS) is 19.3. The summed E-state index contributed by atoms with van der Waals surface area (Å²) in [7, 11) is 0. The van der Waals surface area contributed by atoms with Gasteiger partial charge >= 0.3 is 12.3 Å². The monoisotopic (exact) mass is 538 g/mol. The lowest BCUT2D eigenvalue weighted by Gasteiger charge is -2.28. The smallest absolute Gasteiger partial charge is 0.427 e. The van der Waals surface area contributed by atoms with Crippen LogP contribution in [0.4, 0.5) is 30.7 Å².